The van der Waals surface area contributed by atoms with E-state index < -0.39 is 5.83 Å². The number of allylic oxidation sites excluding steroid dienone is 4. The Morgan fingerprint density at radius 3 is 2.60 bits per heavy atom. The van der Waals surface area contributed by atoms with E-state index in [0.717, 1.165) is 0 Å². The van der Waals surface area contributed by atoms with Gasteiger partial charge < -0.3 is 0 Å². The fourth-order valence-electron chi connectivity index (χ4n) is 1.02. The summed E-state index contributed by atoms with van der Waals surface area (Å²) in [6, 6.07) is 0. The first-order valence-corrected chi connectivity index (χ1v) is 3.35. The van der Waals surface area contributed by atoms with Crippen LogP contribution in [0.3, 0.4) is 0 Å². The summed E-state index contributed by atoms with van der Waals surface area (Å²) in [5.41, 5.74) is 0.166. The standard InChI is InChI=1S/C8H10F2/c1-5-3-4-7(9)6(2)8(5)10/h4-5H,3H2,1-2H3. The van der Waals surface area contributed by atoms with Crippen molar-refractivity contribution in [3.05, 3.63) is 23.3 Å². The fourth-order valence-corrected chi connectivity index (χ4v) is 1.02. The third-order valence-corrected chi connectivity index (χ3v) is 1.80. The summed E-state index contributed by atoms with van der Waals surface area (Å²) in [4.78, 5) is 0. The topological polar surface area (TPSA) is 0 Å². The van der Waals surface area contributed by atoms with Crippen molar-refractivity contribution in [2.45, 2.75) is 20.3 Å². The van der Waals surface area contributed by atoms with Gasteiger partial charge in [0.25, 0.3) is 0 Å². The zero-order valence-electron chi connectivity index (χ0n) is 6.12. The molecule has 56 valence electrons. The van der Waals surface area contributed by atoms with Crippen LogP contribution in [0.2, 0.25) is 0 Å². The Balaban J connectivity index is 2.94. The molecule has 0 heterocycles. The number of halogens is 2. The molecule has 0 saturated carbocycles. The lowest BCUT2D eigenvalue weighted by molar-refractivity contribution is 0.462. The highest BCUT2D eigenvalue weighted by molar-refractivity contribution is 5.30. The van der Waals surface area contributed by atoms with Crippen molar-refractivity contribution in [3.63, 3.8) is 0 Å². The highest BCUT2D eigenvalue weighted by Crippen LogP contribution is 2.30. The van der Waals surface area contributed by atoms with Crippen LogP contribution >= 0.6 is 0 Å². The SMILES string of the molecule is CC1=C(F)C(C)CC=C1F. The van der Waals surface area contributed by atoms with Crippen LogP contribution < -0.4 is 0 Å². The Bertz CT molecular complexity index is 201. The maximum atomic E-state index is 12.8. The van der Waals surface area contributed by atoms with Crippen LogP contribution in [0, 0.1) is 5.92 Å². The van der Waals surface area contributed by atoms with Crippen molar-refractivity contribution in [2.24, 2.45) is 5.92 Å². The summed E-state index contributed by atoms with van der Waals surface area (Å²) in [6.45, 7) is 3.22. The number of hydrogen-bond donors (Lipinski definition) is 0. The molecule has 1 unspecified atom stereocenters. The van der Waals surface area contributed by atoms with Gasteiger partial charge in [0, 0.05) is 11.5 Å². The molecule has 0 radical (unpaired) electrons. The predicted octanol–water partition coefficient (Wildman–Crippen LogP) is 3.12. The molecule has 2 heteroatoms. The molecule has 1 aliphatic carbocycles. The van der Waals surface area contributed by atoms with Crippen molar-refractivity contribution in [3.8, 4) is 0 Å². The minimum Gasteiger partial charge on any atom is -0.211 e. The molecule has 0 aliphatic heterocycles. The van der Waals surface area contributed by atoms with E-state index in [-0.39, 0.29) is 17.3 Å². The van der Waals surface area contributed by atoms with Gasteiger partial charge in [-0.1, -0.05) is 6.92 Å². The van der Waals surface area contributed by atoms with Gasteiger partial charge in [-0.25, -0.2) is 8.78 Å². The van der Waals surface area contributed by atoms with Crippen molar-refractivity contribution in [1.82, 2.24) is 0 Å². The quantitative estimate of drug-likeness (QED) is 0.490. The minimum atomic E-state index is -0.407. The maximum Gasteiger partial charge on any atom is 0.124 e. The van der Waals surface area contributed by atoms with E-state index in [0.29, 0.717) is 6.42 Å². The molecule has 0 aromatic rings. The van der Waals surface area contributed by atoms with Gasteiger partial charge in [0.05, 0.1) is 0 Å². The van der Waals surface area contributed by atoms with Gasteiger partial charge in [-0.3, -0.25) is 0 Å². The van der Waals surface area contributed by atoms with Crippen LogP contribution in [0.5, 0.6) is 0 Å². The first-order chi connectivity index (χ1) is 4.63. The second kappa shape index (κ2) is 2.52. The van der Waals surface area contributed by atoms with Crippen LogP contribution in [0.25, 0.3) is 0 Å². The summed E-state index contributed by atoms with van der Waals surface area (Å²) in [7, 11) is 0. The predicted molar refractivity (Wildman–Crippen MR) is 36.8 cm³/mol. The first-order valence-electron chi connectivity index (χ1n) is 3.35. The van der Waals surface area contributed by atoms with E-state index in [1.54, 1.807) is 6.92 Å². The van der Waals surface area contributed by atoms with E-state index in [1.165, 1.54) is 13.0 Å². The Morgan fingerprint density at radius 1 is 1.50 bits per heavy atom. The average Bonchev–Trinajstić information content (AvgIpc) is 1.93. The Morgan fingerprint density at radius 2 is 2.10 bits per heavy atom. The largest absolute Gasteiger partial charge is 0.211 e. The Hall–Kier alpha value is -0.660. The summed E-state index contributed by atoms with van der Waals surface area (Å²) in [6.07, 6.45) is 1.91. The van der Waals surface area contributed by atoms with Gasteiger partial charge in [0.15, 0.2) is 0 Å². The molecule has 0 aromatic carbocycles. The zero-order valence-corrected chi connectivity index (χ0v) is 6.12. The molecule has 0 fully saturated rings. The monoisotopic (exact) mass is 144 g/mol. The van der Waals surface area contributed by atoms with E-state index in [1.807, 2.05) is 0 Å². The Labute approximate surface area is 59.2 Å². The van der Waals surface area contributed by atoms with Crippen molar-refractivity contribution in [1.29, 1.82) is 0 Å². The third kappa shape index (κ3) is 1.11. The number of hydrogen-bond acceptors (Lipinski definition) is 0. The average molecular weight is 144 g/mol. The van der Waals surface area contributed by atoms with Gasteiger partial charge in [-0.2, -0.15) is 0 Å². The van der Waals surface area contributed by atoms with E-state index in [2.05, 4.69) is 0 Å². The van der Waals surface area contributed by atoms with Crippen molar-refractivity contribution >= 4 is 0 Å². The molecule has 0 aromatic heterocycles. The lowest BCUT2D eigenvalue weighted by Gasteiger charge is -2.13. The smallest absolute Gasteiger partial charge is 0.124 e. The molecule has 10 heavy (non-hydrogen) atoms. The van der Waals surface area contributed by atoms with Crippen molar-refractivity contribution < 1.29 is 8.78 Å². The maximum absolute atomic E-state index is 12.8. The molecule has 0 spiro atoms. The van der Waals surface area contributed by atoms with Gasteiger partial charge >= 0.3 is 0 Å². The highest BCUT2D eigenvalue weighted by Gasteiger charge is 2.17. The number of rotatable bonds is 0. The molecule has 1 atom stereocenters. The van der Waals surface area contributed by atoms with E-state index in [9.17, 15) is 8.78 Å². The van der Waals surface area contributed by atoms with Crippen LogP contribution in [0.15, 0.2) is 23.3 Å². The summed E-state index contributed by atoms with van der Waals surface area (Å²) in [5, 5.41) is 0. The third-order valence-electron chi connectivity index (χ3n) is 1.80. The van der Waals surface area contributed by atoms with Crippen LogP contribution in [0.1, 0.15) is 20.3 Å². The molecule has 0 nitrogen and oxygen atoms in total. The highest BCUT2D eigenvalue weighted by atomic mass is 19.1. The van der Waals surface area contributed by atoms with Crippen LogP contribution in [-0.4, -0.2) is 0 Å². The van der Waals surface area contributed by atoms with Gasteiger partial charge in [-0.15, -0.1) is 0 Å². The zero-order chi connectivity index (χ0) is 7.72. The minimum absolute atomic E-state index is 0.139. The second-order valence-corrected chi connectivity index (χ2v) is 2.66. The van der Waals surface area contributed by atoms with Crippen LogP contribution in [0.4, 0.5) is 8.78 Å². The van der Waals surface area contributed by atoms with Gasteiger partial charge in [-0.05, 0) is 19.4 Å². The van der Waals surface area contributed by atoms with Crippen molar-refractivity contribution in [2.75, 3.05) is 0 Å². The second-order valence-electron chi connectivity index (χ2n) is 2.66. The molecule has 0 saturated heterocycles. The van der Waals surface area contributed by atoms with Gasteiger partial charge in [0.1, 0.15) is 11.7 Å². The first kappa shape index (κ1) is 7.45. The lowest BCUT2D eigenvalue weighted by Crippen LogP contribution is -2.02. The molecule has 0 amide bonds. The molecular formula is C8H10F2. The summed E-state index contributed by atoms with van der Waals surface area (Å²) >= 11 is 0. The summed E-state index contributed by atoms with van der Waals surface area (Å²) < 4.78 is 25.4. The summed E-state index contributed by atoms with van der Waals surface area (Å²) in [5.74, 6) is -0.852. The molecule has 0 bridgehead atoms. The van der Waals surface area contributed by atoms with E-state index in [4.69, 9.17) is 0 Å². The molecule has 0 N–H and O–H groups in total. The van der Waals surface area contributed by atoms with Crippen LogP contribution in [-0.2, 0) is 0 Å². The molecule has 1 rings (SSSR count). The fraction of sp³-hybridized carbons (Fsp3) is 0.500. The normalized spacial score (nSPS) is 26.8. The molecule has 1 aliphatic rings. The lowest BCUT2D eigenvalue weighted by atomic mass is 9.97. The van der Waals surface area contributed by atoms with E-state index >= 15 is 0 Å². The molecular weight excluding hydrogens is 134 g/mol. The van der Waals surface area contributed by atoms with Gasteiger partial charge in [0.2, 0.25) is 0 Å². The Kier molecular flexibility index (Phi) is 1.88.